The van der Waals surface area contributed by atoms with E-state index in [1.807, 2.05) is 30.3 Å². The molecule has 33 heavy (non-hydrogen) atoms. The third-order valence-corrected chi connectivity index (χ3v) is 11.7. The lowest BCUT2D eigenvalue weighted by molar-refractivity contribution is -0.166. The first kappa shape index (κ1) is 24.3. The van der Waals surface area contributed by atoms with Crippen molar-refractivity contribution in [3.05, 3.63) is 54.6 Å². The monoisotopic (exact) mass is 487 g/mol. The Hall–Kier alpha value is -1.79. The maximum atomic E-state index is 13.4. The lowest BCUT2D eigenvalue weighted by atomic mass is 9.88. The van der Waals surface area contributed by atoms with Crippen LogP contribution >= 0.6 is 0 Å². The van der Waals surface area contributed by atoms with E-state index in [1.54, 1.807) is 12.1 Å². The minimum Gasteiger partial charge on any atom is -0.459 e. The predicted molar refractivity (Wildman–Crippen MR) is 133 cm³/mol. The number of rotatable bonds is 7. The highest BCUT2D eigenvalue weighted by atomic mass is 32.2. The number of carbonyl (C=O) groups is 1. The highest BCUT2D eigenvalue weighted by Crippen LogP contribution is 2.39. The van der Waals surface area contributed by atoms with Crippen molar-refractivity contribution in [3.63, 3.8) is 0 Å². The van der Waals surface area contributed by atoms with Crippen molar-refractivity contribution in [1.82, 2.24) is 0 Å². The van der Waals surface area contributed by atoms with Gasteiger partial charge in [0, 0.05) is 0 Å². The Morgan fingerprint density at radius 1 is 0.970 bits per heavy atom. The number of hydrogen-bond acceptors (Lipinski definition) is 4. The van der Waals surface area contributed by atoms with E-state index in [0.717, 1.165) is 49.8 Å². The zero-order chi connectivity index (χ0) is 23.5. The van der Waals surface area contributed by atoms with Gasteiger partial charge in [-0.15, -0.1) is 0 Å². The second-order valence-electron chi connectivity index (χ2n) is 9.49. The third-order valence-electron chi connectivity index (χ3n) is 7.48. The van der Waals surface area contributed by atoms with Crippen molar-refractivity contribution >= 4 is 26.7 Å². The van der Waals surface area contributed by atoms with Crippen molar-refractivity contribution in [2.75, 3.05) is 6.26 Å². The normalized spacial score (nSPS) is 23.7. The molecule has 178 valence electrons. The maximum Gasteiger partial charge on any atom is 0.309 e. The van der Waals surface area contributed by atoms with Crippen LogP contribution in [0.15, 0.2) is 69.3 Å². The summed E-state index contributed by atoms with van der Waals surface area (Å²) in [5.74, 6) is -0.506. The molecule has 4 rings (SSSR count). The summed E-state index contributed by atoms with van der Waals surface area (Å²) in [6, 6.07) is 17.6. The molecule has 2 aliphatic carbocycles. The molecular weight excluding hydrogens is 452 g/mol. The first-order valence-electron chi connectivity index (χ1n) is 12.1. The van der Waals surface area contributed by atoms with Crippen LogP contribution in [0.2, 0.25) is 0 Å². The van der Waals surface area contributed by atoms with Crippen molar-refractivity contribution in [2.24, 2.45) is 5.92 Å². The van der Waals surface area contributed by atoms with E-state index in [0.29, 0.717) is 17.7 Å². The standard InChI is InChI=1S/C27H35O4S2/c1-3-27(18-7-8-19-27)31-26(28)21-10-9-13-25(20-21)33(29,30)24-16-14-23(15-17-24)32(2)22-11-5-4-6-12-22/h4-6,11-12,14-17,21,25H,3,7-10,13,18-20H2,1-2H3/q+1. The molecule has 2 aromatic carbocycles. The van der Waals surface area contributed by atoms with Crippen molar-refractivity contribution in [2.45, 2.75) is 90.2 Å². The SMILES string of the molecule is CCC1(OC(=O)C2CCCC(S(=O)(=O)c3ccc([S+](C)c4ccccc4)cc3)C2)CCCC1. The molecule has 3 unspecified atom stereocenters. The molecule has 0 radical (unpaired) electrons. The largest absolute Gasteiger partial charge is 0.459 e. The second-order valence-corrected chi connectivity index (χ2v) is 13.7. The number of benzene rings is 2. The van der Waals surface area contributed by atoms with Crippen LogP contribution in [0.25, 0.3) is 0 Å². The molecule has 0 heterocycles. The number of ether oxygens (including phenoxy) is 1. The van der Waals surface area contributed by atoms with Crippen LogP contribution in [0, 0.1) is 5.92 Å². The van der Waals surface area contributed by atoms with Gasteiger partial charge in [0.2, 0.25) is 0 Å². The molecule has 3 atom stereocenters. The highest BCUT2D eigenvalue weighted by Gasteiger charge is 2.41. The van der Waals surface area contributed by atoms with Crippen molar-refractivity contribution in [1.29, 1.82) is 0 Å². The van der Waals surface area contributed by atoms with Gasteiger partial charge in [0.15, 0.2) is 19.6 Å². The summed E-state index contributed by atoms with van der Waals surface area (Å²) in [6.45, 7) is 2.08. The maximum absolute atomic E-state index is 13.4. The van der Waals surface area contributed by atoms with E-state index >= 15 is 0 Å². The van der Waals surface area contributed by atoms with Gasteiger partial charge in [0.1, 0.15) is 11.9 Å². The summed E-state index contributed by atoms with van der Waals surface area (Å²) in [5, 5.41) is -0.523. The topological polar surface area (TPSA) is 60.4 Å². The number of esters is 1. The van der Waals surface area contributed by atoms with Gasteiger partial charge in [-0.1, -0.05) is 31.5 Å². The minimum atomic E-state index is -3.49. The Morgan fingerprint density at radius 2 is 1.61 bits per heavy atom. The van der Waals surface area contributed by atoms with Crippen LogP contribution in [0.4, 0.5) is 0 Å². The average molecular weight is 488 g/mol. The molecule has 2 fully saturated rings. The molecule has 4 nitrogen and oxygen atoms in total. The molecule has 6 heteroatoms. The molecular formula is C27H35O4S2+. The fraction of sp³-hybridized carbons (Fsp3) is 0.519. The van der Waals surface area contributed by atoms with Crippen LogP contribution in [0.5, 0.6) is 0 Å². The van der Waals surface area contributed by atoms with Crippen molar-refractivity contribution < 1.29 is 17.9 Å². The highest BCUT2D eigenvalue weighted by molar-refractivity contribution is 7.96. The minimum absolute atomic E-state index is 0.112. The van der Waals surface area contributed by atoms with E-state index in [4.69, 9.17) is 4.74 Å². The summed E-state index contributed by atoms with van der Waals surface area (Å²) >= 11 is 0. The van der Waals surface area contributed by atoms with Gasteiger partial charge in [-0.05, 0) is 87.8 Å². The average Bonchev–Trinajstić information content (AvgIpc) is 3.33. The first-order chi connectivity index (χ1) is 15.8. The number of sulfone groups is 1. The Labute approximate surface area is 201 Å². The Kier molecular flexibility index (Phi) is 7.54. The van der Waals surface area contributed by atoms with Gasteiger partial charge in [0.25, 0.3) is 0 Å². The predicted octanol–water partition coefficient (Wildman–Crippen LogP) is 5.95. The Balaban J connectivity index is 1.45. The molecule has 2 saturated carbocycles. The third kappa shape index (κ3) is 5.32. The van der Waals surface area contributed by atoms with Crippen molar-refractivity contribution in [3.8, 4) is 0 Å². The summed E-state index contributed by atoms with van der Waals surface area (Å²) in [6.07, 6.45) is 9.48. The number of hydrogen-bond donors (Lipinski definition) is 0. The molecule has 0 amide bonds. The van der Waals surface area contributed by atoms with Crippen LogP contribution in [0.3, 0.4) is 0 Å². The molecule has 0 bridgehead atoms. The first-order valence-corrected chi connectivity index (χ1v) is 15.3. The number of carbonyl (C=O) groups excluding carboxylic acids is 1. The van der Waals surface area contributed by atoms with Gasteiger partial charge in [-0.3, -0.25) is 4.79 Å². The zero-order valence-corrected chi connectivity index (χ0v) is 21.3. The van der Waals surface area contributed by atoms with E-state index in [1.165, 1.54) is 4.90 Å². The summed E-state index contributed by atoms with van der Waals surface area (Å²) in [4.78, 5) is 15.7. The van der Waals surface area contributed by atoms with Gasteiger partial charge >= 0.3 is 5.97 Å². The van der Waals surface area contributed by atoms with E-state index in [2.05, 4.69) is 25.3 Å². The van der Waals surface area contributed by atoms with Crippen LogP contribution in [-0.4, -0.2) is 31.5 Å². The summed E-state index contributed by atoms with van der Waals surface area (Å²) < 4.78 is 32.8. The summed E-state index contributed by atoms with van der Waals surface area (Å²) in [7, 11) is -3.60. The Morgan fingerprint density at radius 3 is 2.24 bits per heavy atom. The van der Waals surface area contributed by atoms with Crippen LogP contribution in [-0.2, 0) is 30.3 Å². The molecule has 0 spiro atoms. The molecule has 2 aromatic rings. The Bertz CT molecular complexity index is 1040. The van der Waals surface area contributed by atoms with E-state index in [9.17, 15) is 13.2 Å². The molecule has 2 aliphatic rings. The summed E-state index contributed by atoms with van der Waals surface area (Å²) in [5.41, 5.74) is -0.324. The molecule has 0 saturated heterocycles. The second kappa shape index (κ2) is 10.2. The molecule has 0 N–H and O–H groups in total. The van der Waals surface area contributed by atoms with Crippen LogP contribution in [0.1, 0.15) is 64.7 Å². The van der Waals surface area contributed by atoms with Crippen LogP contribution < -0.4 is 0 Å². The van der Waals surface area contributed by atoms with Gasteiger partial charge in [-0.2, -0.15) is 0 Å². The van der Waals surface area contributed by atoms with Gasteiger partial charge < -0.3 is 4.74 Å². The smallest absolute Gasteiger partial charge is 0.309 e. The molecule has 0 aliphatic heterocycles. The van der Waals surface area contributed by atoms with Gasteiger partial charge in [-0.25, -0.2) is 8.42 Å². The molecule has 0 aromatic heterocycles. The lowest BCUT2D eigenvalue weighted by Gasteiger charge is -2.33. The fourth-order valence-electron chi connectivity index (χ4n) is 5.27. The van der Waals surface area contributed by atoms with E-state index < -0.39 is 15.1 Å². The fourth-order valence-corrected chi connectivity index (χ4v) is 8.52. The lowest BCUT2D eigenvalue weighted by Crippen LogP contribution is -2.38. The van der Waals surface area contributed by atoms with E-state index in [-0.39, 0.29) is 28.4 Å². The quantitative estimate of drug-likeness (QED) is 0.358. The van der Waals surface area contributed by atoms with Gasteiger partial charge in [0.05, 0.1) is 27.0 Å². The zero-order valence-electron chi connectivity index (χ0n) is 19.7.